The first-order chi connectivity index (χ1) is 20.1. The van der Waals surface area contributed by atoms with E-state index < -0.39 is 17.3 Å². The number of carbonyl (C=O) groups excluding carboxylic acids is 1. The van der Waals surface area contributed by atoms with Crippen LogP contribution in [0.25, 0.3) is 0 Å². The third kappa shape index (κ3) is 7.37. The molecule has 0 amide bonds. The van der Waals surface area contributed by atoms with Crippen LogP contribution in [-0.2, 0) is 19.9 Å². The number of hydrogen-bond acceptors (Lipinski definition) is 6. The van der Waals surface area contributed by atoms with Crippen molar-refractivity contribution in [2.45, 2.75) is 56.3 Å². The Morgan fingerprint density at radius 2 is 1.63 bits per heavy atom. The maximum atomic E-state index is 14.6. The van der Waals surface area contributed by atoms with Gasteiger partial charge in [-0.15, -0.1) is 0 Å². The minimum Gasteiger partial charge on any atom is -0.492 e. The molecule has 7 heteroatoms. The summed E-state index contributed by atoms with van der Waals surface area (Å²) in [6.45, 7) is 4.40. The zero-order valence-electron chi connectivity index (χ0n) is 23.6. The van der Waals surface area contributed by atoms with Gasteiger partial charge in [0.05, 0.1) is 12.5 Å². The van der Waals surface area contributed by atoms with Crippen LogP contribution in [0.3, 0.4) is 0 Å². The smallest absolute Gasteiger partial charge is 0.183 e. The molecule has 218 valence electrons. The number of aliphatic hydroxyl groups is 1. The molecule has 2 fully saturated rings. The molecule has 1 N–H and O–H groups in total. The lowest BCUT2D eigenvalue weighted by Gasteiger charge is -2.33. The molecule has 2 aliphatic rings. The number of nitrogens with zero attached hydrogens (tertiary/aromatic N) is 1. The van der Waals surface area contributed by atoms with E-state index in [1.54, 1.807) is 30.3 Å². The van der Waals surface area contributed by atoms with Gasteiger partial charge >= 0.3 is 0 Å². The summed E-state index contributed by atoms with van der Waals surface area (Å²) in [4.78, 5) is 17.0. The van der Waals surface area contributed by atoms with E-state index in [9.17, 15) is 9.90 Å². The van der Waals surface area contributed by atoms with Crippen LogP contribution in [0.1, 0.15) is 61.1 Å². The summed E-state index contributed by atoms with van der Waals surface area (Å²) >= 11 is 6.61. The SMILES string of the molecule is O=C(C(COC1CCCCO1)c1ccccc1Cl)C(O)(c1ccccc1)c1ccc(OCCN2CCCCC2)cc1. The molecule has 0 aliphatic carbocycles. The van der Waals surface area contributed by atoms with Crippen LogP contribution in [0.4, 0.5) is 0 Å². The number of ether oxygens (including phenoxy) is 3. The predicted molar refractivity (Wildman–Crippen MR) is 160 cm³/mol. The van der Waals surface area contributed by atoms with Gasteiger partial charge in [-0.25, -0.2) is 0 Å². The van der Waals surface area contributed by atoms with E-state index in [0.717, 1.165) is 38.9 Å². The normalized spacial score (nSPS) is 20.2. The van der Waals surface area contributed by atoms with Crippen molar-refractivity contribution in [1.29, 1.82) is 0 Å². The molecule has 0 spiro atoms. The monoisotopic (exact) mass is 577 g/mol. The second-order valence-electron chi connectivity index (χ2n) is 10.9. The molecule has 0 radical (unpaired) electrons. The number of Topliss-reactive ketones (excluding diaryl/α,β-unsaturated/α-hetero) is 1. The van der Waals surface area contributed by atoms with Crippen molar-refractivity contribution in [2.24, 2.45) is 0 Å². The topological polar surface area (TPSA) is 68.2 Å². The van der Waals surface area contributed by atoms with Crippen LogP contribution >= 0.6 is 11.6 Å². The molecule has 0 bridgehead atoms. The molecular weight excluding hydrogens is 538 g/mol. The highest BCUT2D eigenvalue weighted by Gasteiger charge is 2.44. The van der Waals surface area contributed by atoms with Crippen molar-refractivity contribution in [3.8, 4) is 5.75 Å². The van der Waals surface area contributed by atoms with Crippen molar-refractivity contribution in [3.63, 3.8) is 0 Å². The first-order valence-corrected chi connectivity index (χ1v) is 15.2. The Kier molecular flexibility index (Phi) is 10.5. The number of likely N-dealkylation sites (tertiary alicyclic amines) is 1. The fourth-order valence-corrected chi connectivity index (χ4v) is 6.03. The molecule has 6 nitrogen and oxygen atoms in total. The molecule has 0 saturated carbocycles. The van der Waals surface area contributed by atoms with Crippen molar-refractivity contribution < 1.29 is 24.1 Å². The number of piperidine rings is 1. The van der Waals surface area contributed by atoms with E-state index in [0.29, 0.717) is 40.7 Å². The maximum Gasteiger partial charge on any atom is 0.183 e. The van der Waals surface area contributed by atoms with Gasteiger partial charge in [-0.2, -0.15) is 0 Å². The number of hydrogen-bond donors (Lipinski definition) is 1. The quantitative estimate of drug-likeness (QED) is 0.271. The lowest BCUT2D eigenvalue weighted by Crippen LogP contribution is -2.42. The van der Waals surface area contributed by atoms with E-state index in [4.69, 9.17) is 25.8 Å². The predicted octanol–water partition coefficient (Wildman–Crippen LogP) is 6.34. The van der Waals surface area contributed by atoms with Crippen LogP contribution in [0, 0.1) is 0 Å². The summed E-state index contributed by atoms with van der Waals surface area (Å²) in [6, 6.07) is 23.5. The third-order valence-electron chi connectivity index (χ3n) is 8.13. The van der Waals surface area contributed by atoms with Crippen molar-refractivity contribution in [1.82, 2.24) is 4.90 Å². The lowest BCUT2D eigenvalue weighted by atomic mass is 9.76. The Labute approximate surface area is 248 Å². The Balaban J connectivity index is 1.40. The van der Waals surface area contributed by atoms with E-state index in [-0.39, 0.29) is 12.9 Å². The van der Waals surface area contributed by atoms with E-state index in [1.807, 2.05) is 48.5 Å². The highest BCUT2D eigenvalue weighted by molar-refractivity contribution is 6.31. The van der Waals surface area contributed by atoms with Gasteiger partial charge in [0, 0.05) is 18.2 Å². The minimum atomic E-state index is -1.94. The summed E-state index contributed by atoms with van der Waals surface area (Å²) < 4.78 is 17.9. The van der Waals surface area contributed by atoms with Gasteiger partial charge in [0.15, 0.2) is 17.7 Å². The number of halogens is 1. The molecule has 2 heterocycles. The number of rotatable bonds is 12. The molecule has 3 unspecified atom stereocenters. The van der Waals surface area contributed by atoms with Crippen LogP contribution in [0.5, 0.6) is 5.75 Å². The Morgan fingerprint density at radius 3 is 2.34 bits per heavy atom. The molecule has 2 aliphatic heterocycles. The summed E-state index contributed by atoms with van der Waals surface area (Å²) in [6.07, 6.45) is 6.19. The summed E-state index contributed by atoms with van der Waals surface area (Å²) in [5.74, 6) is -0.527. The molecule has 3 atom stereocenters. The van der Waals surface area contributed by atoms with Gasteiger partial charge in [-0.05, 0) is 80.1 Å². The summed E-state index contributed by atoms with van der Waals surface area (Å²) in [7, 11) is 0. The number of benzene rings is 3. The average molecular weight is 578 g/mol. The van der Waals surface area contributed by atoms with Crippen LogP contribution in [0.15, 0.2) is 78.9 Å². The fourth-order valence-electron chi connectivity index (χ4n) is 5.76. The third-order valence-corrected chi connectivity index (χ3v) is 8.47. The van der Waals surface area contributed by atoms with E-state index in [2.05, 4.69) is 4.90 Å². The second kappa shape index (κ2) is 14.4. The standard InChI is InChI=1S/C34H40ClNO5/c35-31-14-6-5-13-29(31)30(25-41-32-15-7-10-23-40-32)33(37)34(38,26-11-3-1-4-12-26)27-16-18-28(19-17-27)39-24-22-36-20-8-2-9-21-36/h1,3-6,11-14,16-19,30,32,38H,2,7-10,15,20-25H2. The van der Waals surface area contributed by atoms with Crippen molar-refractivity contribution in [2.75, 3.05) is 39.5 Å². The summed E-state index contributed by atoms with van der Waals surface area (Å²) in [5.41, 5.74) is -0.381. The van der Waals surface area contributed by atoms with Gasteiger partial charge in [0.25, 0.3) is 0 Å². The van der Waals surface area contributed by atoms with Crippen LogP contribution in [-0.4, -0.2) is 61.5 Å². The minimum absolute atomic E-state index is 0.0417. The Morgan fingerprint density at radius 1 is 0.927 bits per heavy atom. The van der Waals surface area contributed by atoms with E-state index in [1.165, 1.54) is 19.3 Å². The lowest BCUT2D eigenvalue weighted by molar-refractivity contribution is -0.169. The largest absolute Gasteiger partial charge is 0.492 e. The Bertz CT molecular complexity index is 1240. The highest BCUT2D eigenvalue weighted by Crippen LogP contribution is 2.39. The van der Waals surface area contributed by atoms with E-state index >= 15 is 0 Å². The number of ketones is 1. The van der Waals surface area contributed by atoms with Gasteiger partial charge in [0.1, 0.15) is 12.4 Å². The molecule has 2 saturated heterocycles. The number of carbonyl (C=O) groups is 1. The fraction of sp³-hybridized carbons (Fsp3) is 0.441. The molecular formula is C34H40ClNO5. The molecule has 5 rings (SSSR count). The molecule has 0 aromatic heterocycles. The zero-order chi connectivity index (χ0) is 28.5. The van der Waals surface area contributed by atoms with Gasteiger partial charge in [-0.3, -0.25) is 9.69 Å². The van der Waals surface area contributed by atoms with Crippen LogP contribution in [0.2, 0.25) is 5.02 Å². The second-order valence-corrected chi connectivity index (χ2v) is 11.3. The molecule has 41 heavy (non-hydrogen) atoms. The molecule has 3 aromatic carbocycles. The van der Waals surface area contributed by atoms with Gasteiger partial charge in [-0.1, -0.05) is 78.7 Å². The Hall–Kier alpha value is -2.74. The van der Waals surface area contributed by atoms with Gasteiger partial charge < -0.3 is 19.3 Å². The maximum absolute atomic E-state index is 14.6. The highest BCUT2D eigenvalue weighted by atomic mass is 35.5. The molecule has 3 aromatic rings. The summed E-state index contributed by atoms with van der Waals surface area (Å²) in [5, 5.41) is 12.8. The van der Waals surface area contributed by atoms with Gasteiger partial charge in [0.2, 0.25) is 0 Å². The van der Waals surface area contributed by atoms with Crippen molar-refractivity contribution >= 4 is 17.4 Å². The first kappa shape index (κ1) is 29.7. The van der Waals surface area contributed by atoms with Crippen molar-refractivity contribution in [3.05, 3.63) is 101 Å². The first-order valence-electron chi connectivity index (χ1n) is 14.8. The van der Waals surface area contributed by atoms with Crippen LogP contribution < -0.4 is 4.74 Å². The average Bonchev–Trinajstić information content (AvgIpc) is 3.03. The zero-order valence-corrected chi connectivity index (χ0v) is 24.3.